The number of hydrogen-bond acceptors (Lipinski definition) is 7. The van der Waals surface area contributed by atoms with Gasteiger partial charge in [-0.05, 0) is 84.4 Å². The van der Waals surface area contributed by atoms with Gasteiger partial charge < -0.3 is 14.2 Å². The van der Waals surface area contributed by atoms with E-state index in [1.165, 1.54) is 35.9 Å². The van der Waals surface area contributed by atoms with E-state index >= 15 is 0 Å². The Morgan fingerprint density at radius 2 is 1.84 bits per heavy atom. The van der Waals surface area contributed by atoms with E-state index in [0.717, 1.165) is 5.56 Å². The molecule has 1 saturated heterocycles. The number of rotatable bonds is 8. The average molecular weight is 555 g/mol. The second-order valence-corrected chi connectivity index (χ2v) is 9.50. The maximum absolute atomic E-state index is 13.2. The first kappa shape index (κ1) is 27.2. The van der Waals surface area contributed by atoms with Gasteiger partial charge in [0.15, 0.2) is 16.7 Å². The molecule has 38 heavy (non-hydrogen) atoms. The molecule has 1 amide bonds. The molecule has 196 valence electrons. The van der Waals surface area contributed by atoms with E-state index in [0.29, 0.717) is 50.0 Å². The zero-order valence-electron chi connectivity index (χ0n) is 20.9. The molecule has 1 aliphatic rings. The van der Waals surface area contributed by atoms with Crippen LogP contribution in [0.1, 0.15) is 28.4 Å². The zero-order valence-corrected chi connectivity index (χ0v) is 22.4. The Morgan fingerprint density at radius 1 is 1.13 bits per heavy atom. The van der Waals surface area contributed by atoms with Crippen molar-refractivity contribution in [2.45, 2.75) is 13.5 Å². The lowest BCUT2D eigenvalue weighted by Gasteiger charge is -2.13. The molecule has 3 aromatic rings. The van der Waals surface area contributed by atoms with Crippen LogP contribution in [0.15, 0.2) is 70.6 Å². The summed E-state index contributed by atoms with van der Waals surface area (Å²) in [7, 11) is 3.14. The van der Waals surface area contributed by atoms with E-state index in [4.69, 9.17) is 25.8 Å². The van der Waals surface area contributed by atoms with Crippen LogP contribution in [0.2, 0.25) is 5.02 Å². The van der Waals surface area contributed by atoms with Crippen LogP contribution in [0.5, 0.6) is 11.5 Å². The Bertz CT molecular complexity index is 1410. The van der Waals surface area contributed by atoms with E-state index in [-0.39, 0.29) is 18.3 Å². The van der Waals surface area contributed by atoms with Crippen molar-refractivity contribution in [3.63, 3.8) is 0 Å². The molecule has 0 N–H and O–H groups in total. The topological polar surface area (TPSA) is 77.4 Å². The fourth-order valence-electron chi connectivity index (χ4n) is 3.50. The number of nitrogens with zero attached hydrogens (tertiary/aromatic N) is 2. The van der Waals surface area contributed by atoms with E-state index < -0.39 is 5.97 Å². The number of likely N-dealkylation sites (N-methyl/N-ethyl adjacent to an activating group) is 1. The van der Waals surface area contributed by atoms with Crippen molar-refractivity contribution in [1.29, 1.82) is 0 Å². The molecule has 1 aliphatic heterocycles. The Morgan fingerprint density at radius 3 is 2.50 bits per heavy atom. The number of methoxy groups -OCH3 is 1. The molecule has 0 atom stereocenters. The van der Waals surface area contributed by atoms with Gasteiger partial charge in [0.05, 0.1) is 34.9 Å². The highest BCUT2D eigenvalue weighted by molar-refractivity contribution is 8.18. The summed E-state index contributed by atoms with van der Waals surface area (Å²) < 4.78 is 29.5. The predicted molar refractivity (Wildman–Crippen MR) is 147 cm³/mol. The third kappa shape index (κ3) is 6.35. The summed E-state index contributed by atoms with van der Waals surface area (Å²) >= 11 is 7.71. The summed E-state index contributed by atoms with van der Waals surface area (Å²) in [5.74, 6) is -0.210. The number of halogens is 2. The monoisotopic (exact) mass is 554 g/mol. The highest BCUT2D eigenvalue weighted by Crippen LogP contribution is 2.39. The highest BCUT2D eigenvalue weighted by Gasteiger charge is 2.30. The van der Waals surface area contributed by atoms with Crippen LogP contribution in [-0.2, 0) is 16.1 Å². The first-order chi connectivity index (χ1) is 18.3. The summed E-state index contributed by atoms with van der Waals surface area (Å²) in [6, 6.07) is 16.0. The number of amides is 1. The molecular formula is C28H24ClFN2O5S. The molecule has 0 saturated carbocycles. The number of carbonyl (C=O) groups excluding carboxylic acids is 2. The SMILES string of the molecule is CCOC(=O)c1ccc(N=C2SC(=Cc3cc(Cl)c(OCc4ccc(F)cc4)c(OC)c3)C(=O)N2C)cc1. The van der Waals surface area contributed by atoms with Crippen LogP contribution in [0.4, 0.5) is 10.1 Å². The van der Waals surface area contributed by atoms with Crippen molar-refractivity contribution in [2.75, 3.05) is 20.8 Å². The van der Waals surface area contributed by atoms with Crippen molar-refractivity contribution in [1.82, 2.24) is 4.90 Å². The van der Waals surface area contributed by atoms with Crippen LogP contribution < -0.4 is 9.47 Å². The van der Waals surface area contributed by atoms with Crippen LogP contribution in [-0.4, -0.2) is 42.7 Å². The maximum Gasteiger partial charge on any atom is 0.338 e. The van der Waals surface area contributed by atoms with Gasteiger partial charge in [-0.2, -0.15) is 0 Å². The summed E-state index contributed by atoms with van der Waals surface area (Å²) in [5.41, 5.74) is 2.43. The Labute approximate surface area is 228 Å². The maximum atomic E-state index is 13.2. The molecule has 0 spiro atoms. The number of hydrogen-bond donors (Lipinski definition) is 0. The van der Waals surface area contributed by atoms with Crippen molar-refractivity contribution >= 4 is 52.2 Å². The second kappa shape index (κ2) is 12.1. The van der Waals surface area contributed by atoms with E-state index in [1.54, 1.807) is 68.6 Å². The minimum atomic E-state index is -0.402. The van der Waals surface area contributed by atoms with Crippen molar-refractivity contribution in [3.8, 4) is 11.5 Å². The number of thioether (sulfide) groups is 1. The molecule has 0 radical (unpaired) electrons. The molecule has 1 heterocycles. The number of esters is 1. The smallest absolute Gasteiger partial charge is 0.338 e. The number of ether oxygens (including phenoxy) is 3. The largest absolute Gasteiger partial charge is 0.493 e. The first-order valence-corrected chi connectivity index (χ1v) is 12.8. The molecule has 10 heteroatoms. The number of amidine groups is 1. The third-order valence-electron chi connectivity index (χ3n) is 5.45. The van der Waals surface area contributed by atoms with Crippen molar-refractivity contribution < 1.29 is 28.2 Å². The molecule has 1 fully saturated rings. The average Bonchev–Trinajstić information content (AvgIpc) is 3.16. The summed E-state index contributed by atoms with van der Waals surface area (Å²) in [6.07, 6.45) is 1.70. The van der Waals surface area contributed by atoms with Gasteiger partial charge in [-0.25, -0.2) is 14.2 Å². The Balaban J connectivity index is 1.52. The highest BCUT2D eigenvalue weighted by atomic mass is 35.5. The van der Waals surface area contributed by atoms with Gasteiger partial charge >= 0.3 is 5.97 Å². The minimum absolute atomic E-state index is 0.177. The lowest BCUT2D eigenvalue weighted by Crippen LogP contribution is -2.23. The minimum Gasteiger partial charge on any atom is -0.493 e. The number of carbonyl (C=O) groups is 2. The van der Waals surface area contributed by atoms with Gasteiger partial charge in [0.1, 0.15) is 12.4 Å². The molecule has 0 aliphatic carbocycles. The van der Waals surface area contributed by atoms with Crippen molar-refractivity contribution in [2.24, 2.45) is 4.99 Å². The van der Waals surface area contributed by atoms with Gasteiger partial charge in [-0.1, -0.05) is 23.7 Å². The normalized spacial score (nSPS) is 15.3. The van der Waals surface area contributed by atoms with Gasteiger partial charge in [0.25, 0.3) is 5.91 Å². The summed E-state index contributed by atoms with van der Waals surface area (Å²) in [6.45, 7) is 2.22. The van der Waals surface area contributed by atoms with Crippen molar-refractivity contribution in [3.05, 3.63) is 93.1 Å². The zero-order chi connectivity index (χ0) is 27.2. The van der Waals surface area contributed by atoms with Crippen LogP contribution in [0, 0.1) is 5.82 Å². The lowest BCUT2D eigenvalue weighted by molar-refractivity contribution is -0.121. The molecule has 0 bridgehead atoms. The molecule has 0 unspecified atom stereocenters. The molecule has 0 aromatic heterocycles. The van der Waals surface area contributed by atoms with Crippen LogP contribution >= 0.6 is 23.4 Å². The second-order valence-electron chi connectivity index (χ2n) is 8.09. The summed E-state index contributed by atoms with van der Waals surface area (Å²) in [4.78, 5) is 31.2. The fraction of sp³-hybridized carbons (Fsp3) is 0.179. The van der Waals surface area contributed by atoms with Gasteiger partial charge in [-0.3, -0.25) is 9.69 Å². The van der Waals surface area contributed by atoms with Gasteiger partial charge in [0.2, 0.25) is 0 Å². The lowest BCUT2D eigenvalue weighted by atomic mass is 10.1. The number of aliphatic imine (C=N–C) groups is 1. The first-order valence-electron chi connectivity index (χ1n) is 11.6. The summed E-state index contributed by atoms with van der Waals surface area (Å²) in [5, 5.41) is 0.792. The van der Waals surface area contributed by atoms with Crippen LogP contribution in [0.25, 0.3) is 6.08 Å². The van der Waals surface area contributed by atoms with Gasteiger partial charge in [-0.15, -0.1) is 0 Å². The molecule has 7 nitrogen and oxygen atoms in total. The van der Waals surface area contributed by atoms with Crippen LogP contribution in [0.3, 0.4) is 0 Å². The fourth-order valence-corrected chi connectivity index (χ4v) is 4.76. The molecule has 3 aromatic carbocycles. The Hall–Kier alpha value is -3.82. The van der Waals surface area contributed by atoms with Gasteiger partial charge in [0, 0.05) is 7.05 Å². The standard InChI is InChI=1S/C28H24ClFN2O5S/c1-4-36-27(34)19-7-11-21(12-8-19)31-28-32(2)26(33)24(38-28)15-18-13-22(29)25(23(14-18)35-3)37-16-17-5-9-20(30)10-6-17/h5-15H,4,16H2,1-3H3. The third-order valence-corrected chi connectivity index (χ3v) is 6.79. The molecule has 4 rings (SSSR count). The quantitative estimate of drug-likeness (QED) is 0.234. The molecular weight excluding hydrogens is 531 g/mol. The van der Waals surface area contributed by atoms with E-state index in [9.17, 15) is 14.0 Å². The van der Waals surface area contributed by atoms with E-state index in [2.05, 4.69) is 4.99 Å². The predicted octanol–water partition coefficient (Wildman–Crippen LogP) is 6.48. The Kier molecular flexibility index (Phi) is 8.70. The van der Waals surface area contributed by atoms with E-state index in [1.807, 2.05) is 0 Å². The number of benzene rings is 3.